The van der Waals surface area contributed by atoms with Crippen LogP contribution in [-0.2, 0) is 23.4 Å². The number of carbonyl (C=O) groups excluding carboxylic acids is 1. The van der Waals surface area contributed by atoms with E-state index in [1.165, 1.54) is 24.8 Å². The molecule has 2 N–H and O–H groups in total. The number of ether oxygens (including phenoxy) is 2. The molecule has 178 valence electrons. The van der Waals surface area contributed by atoms with Crippen LogP contribution >= 0.6 is 23.7 Å². The summed E-state index contributed by atoms with van der Waals surface area (Å²) in [5.74, 6) is -0.398. The van der Waals surface area contributed by atoms with Gasteiger partial charge in [-0.15, -0.1) is 0 Å². The first-order valence-corrected chi connectivity index (χ1v) is 12.1. The van der Waals surface area contributed by atoms with E-state index in [4.69, 9.17) is 13.8 Å². The summed E-state index contributed by atoms with van der Waals surface area (Å²) < 4.78 is 36.9. The second-order valence-corrected chi connectivity index (χ2v) is 9.75. The zero-order chi connectivity index (χ0) is 24.2. The molecule has 1 aliphatic rings. The van der Waals surface area contributed by atoms with Crippen molar-refractivity contribution in [2.45, 2.75) is 32.2 Å². The van der Waals surface area contributed by atoms with E-state index in [1.54, 1.807) is 43.3 Å². The van der Waals surface area contributed by atoms with Gasteiger partial charge in [-0.3, -0.25) is 23.7 Å². The van der Waals surface area contributed by atoms with Crippen LogP contribution in [0.3, 0.4) is 0 Å². The van der Waals surface area contributed by atoms with Crippen LogP contribution in [0, 0.1) is 6.92 Å². The maximum atomic E-state index is 13.4. The van der Waals surface area contributed by atoms with Crippen LogP contribution in [0.4, 0.5) is 0 Å². The highest BCUT2D eigenvalue weighted by atomic mass is 79.9. The lowest BCUT2D eigenvalue weighted by Gasteiger charge is -2.24. The van der Waals surface area contributed by atoms with Crippen LogP contribution in [0.1, 0.15) is 18.7 Å². The third-order valence-corrected chi connectivity index (χ3v) is 6.75. The number of hydrogen-bond donors (Lipinski definition) is 2. The number of halogens is 1. The Hall–Kier alpha value is -2.50. The molecule has 2 heterocycles. The Morgan fingerprint density at radius 3 is 2.67 bits per heavy atom. The first kappa shape index (κ1) is 25.1. The highest BCUT2D eigenvalue weighted by molar-refractivity contribution is 9.10. The molecule has 0 amide bonds. The number of esters is 1. The van der Waals surface area contributed by atoms with Crippen molar-refractivity contribution in [2.75, 3.05) is 13.7 Å². The number of aryl methyl sites for hydroxylation is 1. The van der Waals surface area contributed by atoms with Crippen molar-refractivity contribution in [3.8, 4) is 5.75 Å². The van der Waals surface area contributed by atoms with Crippen LogP contribution in [0.2, 0.25) is 0 Å². The SMILES string of the molecule is COC(=O)[C@H](C)NP(=O)(OCC1C=C[C@H](n2cc(C)c(=O)[nH]c2=O)O1)Oc1ccc(Br)cc1. The third-order valence-electron chi connectivity index (χ3n) is 4.58. The van der Waals surface area contributed by atoms with Gasteiger partial charge in [-0.25, -0.2) is 9.36 Å². The van der Waals surface area contributed by atoms with Crippen molar-refractivity contribution >= 4 is 29.6 Å². The van der Waals surface area contributed by atoms with Crippen LogP contribution in [0.5, 0.6) is 5.75 Å². The zero-order valence-corrected chi connectivity index (χ0v) is 20.5. The quantitative estimate of drug-likeness (QED) is 0.277. The molecule has 1 aromatic heterocycles. The maximum absolute atomic E-state index is 13.4. The van der Waals surface area contributed by atoms with Gasteiger partial charge in [0.2, 0.25) is 0 Å². The predicted molar refractivity (Wildman–Crippen MR) is 122 cm³/mol. The van der Waals surface area contributed by atoms with Gasteiger partial charge in [0.25, 0.3) is 5.56 Å². The molecule has 2 unspecified atom stereocenters. The van der Waals surface area contributed by atoms with Gasteiger partial charge < -0.3 is 14.0 Å². The molecule has 1 aliphatic heterocycles. The van der Waals surface area contributed by atoms with Crippen molar-refractivity contribution in [1.82, 2.24) is 14.6 Å². The second-order valence-electron chi connectivity index (χ2n) is 7.14. The van der Waals surface area contributed by atoms with E-state index in [-0.39, 0.29) is 12.4 Å². The van der Waals surface area contributed by atoms with Crippen molar-refractivity contribution in [1.29, 1.82) is 0 Å². The molecule has 0 saturated heterocycles. The molecule has 0 radical (unpaired) electrons. The number of aromatic nitrogens is 2. The lowest BCUT2D eigenvalue weighted by Crippen LogP contribution is -2.35. The van der Waals surface area contributed by atoms with Gasteiger partial charge in [0.15, 0.2) is 6.23 Å². The fourth-order valence-electron chi connectivity index (χ4n) is 2.88. The summed E-state index contributed by atoms with van der Waals surface area (Å²) in [6.07, 6.45) is 3.17. The van der Waals surface area contributed by atoms with Gasteiger partial charge in [-0.2, -0.15) is 5.09 Å². The Labute approximate surface area is 197 Å². The van der Waals surface area contributed by atoms with Crippen LogP contribution in [0.25, 0.3) is 0 Å². The second kappa shape index (κ2) is 10.6. The number of hydrogen-bond acceptors (Lipinski definition) is 8. The molecule has 13 heteroatoms. The van der Waals surface area contributed by atoms with Gasteiger partial charge in [-0.1, -0.05) is 22.0 Å². The Kier molecular flexibility index (Phi) is 8.09. The number of nitrogens with one attached hydrogen (secondary N) is 2. The number of benzene rings is 1. The smallest absolute Gasteiger partial charge is 0.459 e. The van der Waals surface area contributed by atoms with E-state index in [1.807, 2.05) is 0 Å². The normalized spacial score (nSPS) is 20.2. The van der Waals surface area contributed by atoms with Crippen molar-refractivity contribution in [3.63, 3.8) is 0 Å². The summed E-state index contributed by atoms with van der Waals surface area (Å²) in [5.41, 5.74) is -0.755. The monoisotopic (exact) mass is 543 g/mol. The molecule has 0 aliphatic carbocycles. The maximum Gasteiger partial charge on any atom is 0.459 e. The first-order chi connectivity index (χ1) is 15.6. The summed E-state index contributed by atoms with van der Waals surface area (Å²) in [4.78, 5) is 37.7. The number of H-pyrrole nitrogens is 1. The summed E-state index contributed by atoms with van der Waals surface area (Å²) >= 11 is 3.31. The molecular weight excluding hydrogens is 521 g/mol. The van der Waals surface area contributed by atoms with E-state index in [0.29, 0.717) is 5.56 Å². The fraction of sp³-hybridized carbons (Fsp3) is 0.350. The number of carbonyl (C=O) groups is 1. The zero-order valence-electron chi connectivity index (χ0n) is 18.0. The summed E-state index contributed by atoms with van der Waals surface area (Å²) in [7, 11) is -2.84. The molecule has 33 heavy (non-hydrogen) atoms. The summed E-state index contributed by atoms with van der Waals surface area (Å²) in [6, 6.07) is 5.57. The predicted octanol–water partition coefficient (Wildman–Crippen LogP) is 2.42. The highest BCUT2D eigenvalue weighted by Crippen LogP contribution is 2.45. The molecule has 1 aromatic carbocycles. The molecule has 0 fully saturated rings. The van der Waals surface area contributed by atoms with E-state index >= 15 is 0 Å². The molecule has 0 saturated carbocycles. The molecular formula is C20H23BrN3O8P. The Balaban J connectivity index is 1.71. The molecule has 2 aromatic rings. The number of rotatable bonds is 9. The average molecular weight is 544 g/mol. The molecule has 4 atom stereocenters. The van der Waals surface area contributed by atoms with E-state index in [2.05, 4.69) is 30.7 Å². The standard InChI is InChI=1S/C20H23BrN3O8P/c1-12-10-24(20(27)22-18(12)25)17-9-8-16(31-17)11-30-33(28,23-13(2)19(26)29-3)32-15-6-4-14(21)5-7-15/h4-10,13,16-17H,11H2,1-3H3,(H,23,28)(H,22,25,27)/t13-,16?,17+,33?/m0/s1. The number of nitrogens with zero attached hydrogens (tertiary/aromatic N) is 1. The minimum Gasteiger partial charge on any atom is -0.468 e. The first-order valence-electron chi connectivity index (χ1n) is 9.81. The number of methoxy groups -OCH3 is 1. The molecule has 3 rings (SSSR count). The Morgan fingerprint density at radius 1 is 1.30 bits per heavy atom. The van der Waals surface area contributed by atoms with Gasteiger partial charge >= 0.3 is 19.4 Å². The molecule has 11 nitrogen and oxygen atoms in total. The minimum absolute atomic E-state index is 0.210. The topological polar surface area (TPSA) is 138 Å². The lowest BCUT2D eigenvalue weighted by atomic mass is 10.3. The van der Waals surface area contributed by atoms with E-state index in [9.17, 15) is 18.9 Å². The molecule has 0 bridgehead atoms. The van der Waals surface area contributed by atoms with Crippen LogP contribution in [0.15, 0.2) is 56.7 Å². The van der Waals surface area contributed by atoms with Crippen molar-refractivity contribution in [3.05, 3.63) is 73.5 Å². The van der Waals surface area contributed by atoms with Crippen LogP contribution < -0.4 is 20.9 Å². The van der Waals surface area contributed by atoms with Crippen LogP contribution in [-0.4, -0.2) is 41.4 Å². The van der Waals surface area contributed by atoms with E-state index in [0.717, 1.165) is 4.47 Å². The highest BCUT2D eigenvalue weighted by Gasteiger charge is 2.34. The molecule has 0 spiro atoms. The summed E-state index contributed by atoms with van der Waals surface area (Å²) in [5, 5.41) is 2.55. The van der Waals surface area contributed by atoms with Crippen molar-refractivity contribution < 1.29 is 27.9 Å². The minimum atomic E-state index is -4.04. The van der Waals surface area contributed by atoms with Crippen molar-refractivity contribution in [2.24, 2.45) is 0 Å². The van der Waals surface area contributed by atoms with Gasteiger partial charge in [0.05, 0.1) is 13.7 Å². The number of aromatic amines is 1. The fourth-order valence-corrected chi connectivity index (χ4v) is 4.65. The Bertz CT molecular complexity index is 1190. The van der Waals surface area contributed by atoms with Gasteiger partial charge in [0.1, 0.15) is 17.9 Å². The largest absolute Gasteiger partial charge is 0.468 e. The van der Waals surface area contributed by atoms with E-state index < -0.39 is 43.3 Å². The lowest BCUT2D eigenvalue weighted by molar-refractivity contribution is -0.142. The third kappa shape index (κ3) is 6.52. The Morgan fingerprint density at radius 2 is 2.00 bits per heavy atom. The van der Waals surface area contributed by atoms with Gasteiger partial charge in [-0.05, 0) is 44.2 Å². The average Bonchev–Trinajstić information content (AvgIpc) is 3.25. The van der Waals surface area contributed by atoms with Gasteiger partial charge in [0, 0.05) is 16.2 Å². The summed E-state index contributed by atoms with van der Waals surface area (Å²) in [6.45, 7) is 2.82.